The number of aliphatic hydroxyl groups excluding tert-OH is 1. The van der Waals surface area contributed by atoms with E-state index in [2.05, 4.69) is 18.4 Å². The van der Waals surface area contributed by atoms with Gasteiger partial charge in [-0.05, 0) is 12.8 Å². The molecule has 0 aromatic rings. The van der Waals surface area contributed by atoms with Crippen LogP contribution in [0.1, 0.15) is 19.3 Å². The molecule has 0 saturated heterocycles. The number of rotatable bonds is 4. The Balaban J connectivity index is 3.29. The minimum Gasteiger partial charge on any atom is -0.389 e. The summed E-state index contributed by atoms with van der Waals surface area (Å²) in [6.07, 6.45) is 3.21. The second-order valence-electron chi connectivity index (χ2n) is 2.11. The zero-order valence-electron chi connectivity index (χ0n) is 6.38. The quantitative estimate of drug-likeness (QED) is 0.371. The van der Waals surface area contributed by atoms with Gasteiger partial charge in [-0.15, -0.1) is 6.58 Å². The van der Waals surface area contributed by atoms with Gasteiger partial charge in [0.1, 0.15) is 0 Å². The van der Waals surface area contributed by atoms with E-state index in [1.165, 1.54) is 6.08 Å². The fourth-order valence-corrected chi connectivity index (χ4v) is 0.619. The molecule has 0 bridgehead atoms. The van der Waals surface area contributed by atoms with Gasteiger partial charge in [0.25, 0.3) is 0 Å². The maximum atomic E-state index is 8.98. The van der Waals surface area contributed by atoms with E-state index in [-0.39, 0.29) is 0 Å². The zero-order valence-corrected chi connectivity index (χ0v) is 6.38. The summed E-state index contributed by atoms with van der Waals surface area (Å²) < 4.78 is 0. The summed E-state index contributed by atoms with van der Waals surface area (Å²) in [7, 11) is 0. The fourth-order valence-electron chi connectivity index (χ4n) is 0.619. The third-order valence-electron chi connectivity index (χ3n) is 1.22. The Bertz CT molecular complexity index is 204. The fraction of sp³-hybridized carbons (Fsp3) is 0.444. The van der Waals surface area contributed by atoms with Crippen molar-refractivity contribution in [1.82, 2.24) is 0 Å². The smallest absolute Gasteiger partial charge is 0.152 e. The topological polar surface area (TPSA) is 44.0 Å². The lowest BCUT2D eigenvalue weighted by molar-refractivity contribution is 0.210. The van der Waals surface area contributed by atoms with Crippen LogP contribution >= 0.6 is 0 Å². The first-order chi connectivity index (χ1) is 5.31. The maximum Gasteiger partial charge on any atom is 0.152 e. The summed E-state index contributed by atoms with van der Waals surface area (Å²) in [5.74, 6) is 4.95. The Morgan fingerprint density at radius 1 is 1.64 bits per heavy atom. The third-order valence-corrected chi connectivity index (χ3v) is 1.22. The highest BCUT2D eigenvalue weighted by molar-refractivity contribution is 5.16. The van der Waals surface area contributed by atoms with Crippen molar-refractivity contribution in [1.29, 1.82) is 5.26 Å². The van der Waals surface area contributed by atoms with E-state index in [0.29, 0.717) is 12.8 Å². The van der Waals surface area contributed by atoms with Crippen LogP contribution in [0.5, 0.6) is 0 Å². The first kappa shape index (κ1) is 9.75. The molecule has 0 spiro atoms. The summed E-state index contributed by atoms with van der Waals surface area (Å²) in [5.41, 5.74) is 0. The number of nitrogens with zero attached hydrogens (tertiary/aromatic N) is 1. The van der Waals surface area contributed by atoms with Crippen LogP contribution in [0.4, 0.5) is 0 Å². The Morgan fingerprint density at radius 3 is 2.91 bits per heavy atom. The maximum absolute atomic E-state index is 8.98. The van der Waals surface area contributed by atoms with Crippen molar-refractivity contribution in [2.45, 2.75) is 25.4 Å². The van der Waals surface area contributed by atoms with Crippen LogP contribution in [0, 0.1) is 23.2 Å². The summed E-state index contributed by atoms with van der Waals surface area (Å²) in [4.78, 5) is 0. The van der Waals surface area contributed by atoms with Crippen molar-refractivity contribution >= 4 is 0 Å². The highest BCUT2D eigenvalue weighted by Gasteiger charge is 1.94. The first-order valence-corrected chi connectivity index (χ1v) is 3.49. The minimum absolute atomic E-state index is 0.432. The molecule has 0 aromatic heterocycles. The predicted octanol–water partition coefficient (Wildman–Crippen LogP) is 1.23. The molecule has 0 fully saturated rings. The monoisotopic (exact) mass is 149 g/mol. The average Bonchev–Trinajstić information content (AvgIpc) is 2.04. The molecular formula is C9H11NO. The molecule has 0 aliphatic heterocycles. The third kappa shape index (κ3) is 6.64. The number of unbranched alkanes of at least 4 members (excludes halogenated alkanes) is 1. The minimum atomic E-state index is -0.432. The van der Waals surface area contributed by atoms with Gasteiger partial charge in [-0.3, -0.25) is 0 Å². The Morgan fingerprint density at radius 2 is 2.36 bits per heavy atom. The van der Waals surface area contributed by atoms with Gasteiger partial charge in [0, 0.05) is 12.3 Å². The van der Waals surface area contributed by atoms with Crippen LogP contribution in [-0.2, 0) is 0 Å². The predicted molar refractivity (Wildman–Crippen MR) is 43.4 cm³/mol. The summed E-state index contributed by atoms with van der Waals surface area (Å²) in [6.45, 7) is 3.44. The zero-order chi connectivity index (χ0) is 8.53. The second-order valence-corrected chi connectivity index (χ2v) is 2.11. The van der Waals surface area contributed by atoms with Gasteiger partial charge in [0.2, 0.25) is 0 Å². The van der Waals surface area contributed by atoms with E-state index < -0.39 is 6.10 Å². The van der Waals surface area contributed by atoms with E-state index in [9.17, 15) is 0 Å². The molecule has 0 radical (unpaired) electrons. The van der Waals surface area contributed by atoms with Crippen LogP contribution < -0.4 is 0 Å². The van der Waals surface area contributed by atoms with E-state index in [0.717, 1.165) is 6.42 Å². The number of hydrogen-bond donors (Lipinski definition) is 1. The van der Waals surface area contributed by atoms with Crippen molar-refractivity contribution < 1.29 is 5.11 Å². The van der Waals surface area contributed by atoms with Crippen LogP contribution in [0.3, 0.4) is 0 Å². The van der Waals surface area contributed by atoms with Crippen LogP contribution in [-0.4, -0.2) is 11.2 Å². The van der Waals surface area contributed by atoms with Crippen molar-refractivity contribution in [2.24, 2.45) is 0 Å². The molecule has 0 saturated carbocycles. The lowest BCUT2D eigenvalue weighted by Crippen LogP contribution is -1.99. The van der Waals surface area contributed by atoms with E-state index in [4.69, 9.17) is 10.4 Å². The average molecular weight is 149 g/mol. The van der Waals surface area contributed by atoms with E-state index >= 15 is 0 Å². The molecular weight excluding hydrogens is 138 g/mol. The molecule has 1 atom stereocenters. The van der Waals surface area contributed by atoms with Gasteiger partial charge in [-0.1, -0.05) is 12.0 Å². The molecule has 11 heavy (non-hydrogen) atoms. The normalized spacial score (nSPS) is 10.5. The van der Waals surface area contributed by atoms with Crippen molar-refractivity contribution in [2.75, 3.05) is 0 Å². The van der Waals surface area contributed by atoms with Gasteiger partial charge in [-0.2, -0.15) is 5.26 Å². The summed E-state index contributed by atoms with van der Waals surface area (Å²) in [6, 6.07) is 1.73. The number of nitriles is 1. The molecule has 0 rings (SSSR count). The van der Waals surface area contributed by atoms with Gasteiger partial charge in [0.15, 0.2) is 6.07 Å². The first-order valence-electron chi connectivity index (χ1n) is 3.49. The molecule has 0 heterocycles. The number of aliphatic hydroxyl groups is 1. The van der Waals surface area contributed by atoms with Crippen LogP contribution in [0.2, 0.25) is 0 Å². The summed E-state index contributed by atoms with van der Waals surface area (Å²) in [5, 5.41) is 17.0. The molecule has 0 aromatic carbocycles. The largest absolute Gasteiger partial charge is 0.389 e. The van der Waals surface area contributed by atoms with Crippen molar-refractivity contribution in [3.63, 3.8) is 0 Å². The SMILES string of the molecule is C=CC(O)CCCC#CC#N. The highest BCUT2D eigenvalue weighted by Crippen LogP contribution is 1.99. The summed E-state index contributed by atoms with van der Waals surface area (Å²) >= 11 is 0. The van der Waals surface area contributed by atoms with Gasteiger partial charge in [-0.25, -0.2) is 0 Å². The molecule has 2 heteroatoms. The molecule has 2 nitrogen and oxygen atoms in total. The van der Waals surface area contributed by atoms with Crippen LogP contribution in [0.25, 0.3) is 0 Å². The van der Waals surface area contributed by atoms with Crippen molar-refractivity contribution in [3.8, 4) is 17.9 Å². The van der Waals surface area contributed by atoms with E-state index in [1.54, 1.807) is 6.07 Å². The standard InChI is InChI=1S/C9H11NO/c1-2-9(11)7-5-3-4-6-8-10/h2,9,11H,1,3,5,7H2. The van der Waals surface area contributed by atoms with Gasteiger partial charge < -0.3 is 5.11 Å². The molecule has 0 amide bonds. The molecule has 1 N–H and O–H groups in total. The lowest BCUT2D eigenvalue weighted by Gasteiger charge is -2.00. The lowest BCUT2D eigenvalue weighted by atomic mass is 10.1. The molecule has 58 valence electrons. The molecule has 1 unspecified atom stereocenters. The van der Waals surface area contributed by atoms with Crippen LogP contribution in [0.15, 0.2) is 12.7 Å². The highest BCUT2D eigenvalue weighted by atomic mass is 16.3. The van der Waals surface area contributed by atoms with Crippen molar-refractivity contribution in [3.05, 3.63) is 12.7 Å². The Kier molecular flexibility index (Phi) is 6.08. The Hall–Kier alpha value is -1.25. The van der Waals surface area contributed by atoms with Gasteiger partial charge in [0.05, 0.1) is 6.10 Å². The Labute approximate surface area is 67.2 Å². The second kappa shape index (κ2) is 6.86. The van der Waals surface area contributed by atoms with Gasteiger partial charge >= 0.3 is 0 Å². The number of hydrogen-bond acceptors (Lipinski definition) is 2. The van der Waals surface area contributed by atoms with E-state index in [1.807, 2.05) is 0 Å². The molecule has 0 aliphatic rings. The molecule has 0 aliphatic carbocycles.